The van der Waals surface area contributed by atoms with Crippen molar-refractivity contribution in [2.24, 2.45) is 5.92 Å². The van der Waals surface area contributed by atoms with Crippen LogP contribution in [0.2, 0.25) is 0 Å². The minimum Gasteiger partial charge on any atom is -0.340 e. The lowest BCUT2D eigenvalue weighted by Crippen LogP contribution is -2.12. The number of nitrogens with zero attached hydrogens (tertiary/aromatic N) is 2. The fraction of sp³-hybridized carbons (Fsp3) is 0.238. The molecule has 4 nitrogen and oxygen atoms in total. The third-order valence-electron chi connectivity index (χ3n) is 4.06. The summed E-state index contributed by atoms with van der Waals surface area (Å²) in [6, 6.07) is 14.5. The maximum atomic E-state index is 13.4. The van der Waals surface area contributed by atoms with E-state index in [0.717, 1.165) is 17.1 Å². The Morgan fingerprint density at radius 1 is 0.931 bits per heavy atom. The molecule has 29 heavy (non-hydrogen) atoms. The fourth-order valence-corrected chi connectivity index (χ4v) is 3.00. The fourth-order valence-electron chi connectivity index (χ4n) is 2.74. The number of benzene rings is 2. The molecule has 2 aromatic carbocycles. The van der Waals surface area contributed by atoms with Gasteiger partial charge in [0.25, 0.3) is 0 Å². The van der Waals surface area contributed by atoms with Gasteiger partial charge in [0.05, 0.1) is 0 Å². The molecule has 2 N–H and O–H groups in total. The summed E-state index contributed by atoms with van der Waals surface area (Å²) < 4.78 is 40.9. The van der Waals surface area contributed by atoms with Crippen molar-refractivity contribution >= 4 is 39.1 Å². The lowest BCUT2D eigenvalue weighted by Gasteiger charge is -2.15. The lowest BCUT2D eigenvalue weighted by molar-refractivity contribution is -0.137. The van der Waals surface area contributed by atoms with Crippen molar-refractivity contribution in [2.45, 2.75) is 26.4 Å². The van der Waals surface area contributed by atoms with Gasteiger partial charge in [0, 0.05) is 22.0 Å². The molecule has 0 radical (unpaired) electrons. The molecule has 0 bridgehead atoms. The van der Waals surface area contributed by atoms with Crippen LogP contribution in [-0.4, -0.2) is 9.97 Å². The van der Waals surface area contributed by atoms with Gasteiger partial charge in [-0.3, -0.25) is 0 Å². The summed E-state index contributed by atoms with van der Waals surface area (Å²) in [5.41, 5.74) is 1.45. The molecule has 8 heteroatoms. The van der Waals surface area contributed by atoms with Gasteiger partial charge in [0.2, 0.25) is 5.95 Å². The van der Waals surface area contributed by atoms with Crippen molar-refractivity contribution in [3.05, 3.63) is 70.3 Å². The Morgan fingerprint density at radius 3 is 2.10 bits per heavy atom. The maximum Gasteiger partial charge on any atom is 0.421 e. The van der Waals surface area contributed by atoms with Crippen molar-refractivity contribution < 1.29 is 13.2 Å². The molecule has 0 aliphatic carbocycles. The van der Waals surface area contributed by atoms with Gasteiger partial charge in [-0.15, -0.1) is 0 Å². The Hall–Kier alpha value is -2.61. The highest BCUT2D eigenvalue weighted by Gasteiger charge is 2.35. The number of nitrogens with one attached hydrogen (secondary N) is 2. The average molecular weight is 465 g/mol. The van der Waals surface area contributed by atoms with Crippen LogP contribution in [0, 0.1) is 5.92 Å². The number of aromatic nitrogens is 2. The molecule has 0 unspecified atom stereocenters. The molecular formula is C21H20BrF3N4. The largest absolute Gasteiger partial charge is 0.421 e. The molecule has 1 heterocycles. The molecule has 0 fully saturated rings. The zero-order chi connectivity index (χ0) is 21.0. The topological polar surface area (TPSA) is 49.8 Å². The van der Waals surface area contributed by atoms with E-state index in [1.807, 2.05) is 24.3 Å². The molecule has 0 saturated heterocycles. The van der Waals surface area contributed by atoms with Crippen LogP contribution in [0.3, 0.4) is 0 Å². The van der Waals surface area contributed by atoms with E-state index < -0.39 is 11.7 Å². The number of hydrogen-bond acceptors (Lipinski definition) is 4. The first kappa shape index (κ1) is 21.1. The molecule has 0 spiro atoms. The van der Waals surface area contributed by atoms with Crippen molar-refractivity contribution in [2.75, 3.05) is 10.6 Å². The van der Waals surface area contributed by atoms with Gasteiger partial charge in [-0.05, 0) is 54.3 Å². The summed E-state index contributed by atoms with van der Waals surface area (Å²) in [6.45, 7) is 4.28. The van der Waals surface area contributed by atoms with E-state index in [0.29, 0.717) is 17.3 Å². The van der Waals surface area contributed by atoms with E-state index in [9.17, 15) is 13.2 Å². The number of halogens is 4. The van der Waals surface area contributed by atoms with Gasteiger partial charge in [-0.1, -0.05) is 41.9 Å². The zero-order valence-electron chi connectivity index (χ0n) is 15.9. The molecule has 0 aliphatic rings. The van der Waals surface area contributed by atoms with Crippen LogP contribution in [-0.2, 0) is 12.6 Å². The standard InChI is InChI=1S/C21H20BrF3N4/c1-13(2)11-14-3-7-17(8-4-14)28-20-26-12-18(21(23,24)25)19(29-20)27-16-9-5-15(22)6-10-16/h3-10,12-13H,11H2,1-2H3,(H2,26,27,28,29). The summed E-state index contributed by atoms with van der Waals surface area (Å²) in [5.74, 6) is 0.308. The molecule has 0 amide bonds. The van der Waals surface area contributed by atoms with Crippen LogP contribution < -0.4 is 10.6 Å². The highest BCUT2D eigenvalue weighted by molar-refractivity contribution is 9.10. The van der Waals surface area contributed by atoms with Crippen LogP contribution in [0.25, 0.3) is 0 Å². The smallest absolute Gasteiger partial charge is 0.340 e. The quantitative estimate of drug-likeness (QED) is 0.414. The third-order valence-corrected chi connectivity index (χ3v) is 4.58. The zero-order valence-corrected chi connectivity index (χ0v) is 17.5. The second kappa shape index (κ2) is 8.82. The molecule has 0 aliphatic heterocycles. The normalized spacial score (nSPS) is 11.6. The Kier molecular flexibility index (Phi) is 6.42. The van der Waals surface area contributed by atoms with Crippen LogP contribution in [0.15, 0.2) is 59.2 Å². The van der Waals surface area contributed by atoms with E-state index >= 15 is 0 Å². The van der Waals surface area contributed by atoms with Crippen LogP contribution >= 0.6 is 15.9 Å². The Labute approximate surface area is 175 Å². The van der Waals surface area contributed by atoms with Crippen LogP contribution in [0.5, 0.6) is 0 Å². The van der Waals surface area contributed by atoms with Crippen LogP contribution in [0.1, 0.15) is 25.0 Å². The SMILES string of the molecule is CC(C)Cc1ccc(Nc2ncc(C(F)(F)F)c(Nc3ccc(Br)cc3)n2)cc1. The minimum atomic E-state index is -4.57. The minimum absolute atomic E-state index is 0.0780. The molecule has 1 aromatic heterocycles. The van der Waals surface area contributed by atoms with Crippen LogP contribution in [0.4, 0.5) is 36.3 Å². The number of rotatable bonds is 6. The van der Waals surface area contributed by atoms with Crippen molar-refractivity contribution in [1.82, 2.24) is 9.97 Å². The average Bonchev–Trinajstić information content (AvgIpc) is 2.64. The predicted molar refractivity (Wildman–Crippen MR) is 113 cm³/mol. The van der Waals surface area contributed by atoms with E-state index in [4.69, 9.17) is 0 Å². The molecule has 0 atom stereocenters. The Balaban J connectivity index is 1.85. The van der Waals surface area contributed by atoms with Crippen molar-refractivity contribution in [1.29, 1.82) is 0 Å². The Morgan fingerprint density at radius 2 is 1.52 bits per heavy atom. The molecular weight excluding hydrogens is 445 g/mol. The van der Waals surface area contributed by atoms with E-state index in [2.05, 4.69) is 50.4 Å². The maximum absolute atomic E-state index is 13.4. The summed E-state index contributed by atoms with van der Waals surface area (Å²) in [7, 11) is 0. The first-order valence-corrected chi connectivity index (χ1v) is 9.83. The predicted octanol–water partition coefficient (Wildman–Crippen LogP) is 6.94. The third kappa shape index (κ3) is 5.93. The van der Waals surface area contributed by atoms with E-state index in [1.165, 1.54) is 5.56 Å². The Bertz CT molecular complexity index is 955. The highest BCUT2D eigenvalue weighted by Crippen LogP contribution is 2.35. The van der Waals surface area contributed by atoms with Gasteiger partial charge in [0.1, 0.15) is 11.4 Å². The number of alkyl halides is 3. The van der Waals surface area contributed by atoms with E-state index in [-0.39, 0.29) is 11.8 Å². The summed E-state index contributed by atoms with van der Waals surface area (Å²) in [6.07, 6.45) is -2.84. The second-order valence-corrected chi connectivity index (χ2v) is 7.92. The molecule has 152 valence electrons. The molecule has 0 saturated carbocycles. The monoisotopic (exact) mass is 464 g/mol. The van der Waals surface area contributed by atoms with Gasteiger partial charge in [-0.2, -0.15) is 18.2 Å². The first-order valence-electron chi connectivity index (χ1n) is 9.03. The number of hydrogen-bond donors (Lipinski definition) is 2. The van der Waals surface area contributed by atoms with Gasteiger partial charge >= 0.3 is 6.18 Å². The lowest BCUT2D eigenvalue weighted by atomic mass is 10.0. The van der Waals surface area contributed by atoms with Gasteiger partial charge in [0.15, 0.2) is 0 Å². The molecule has 3 rings (SSSR count). The van der Waals surface area contributed by atoms with E-state index in [1.54, 1.807) is 24.3 Å². The second-order valence-electron chi connectivity index (χ2n) is 7.01. The summed E-state index contributed by atoms with van der Waals surface area (Å²) >= 11 is 3.30. The van der Waals surface area contributed by atoms with Gasteiger partial charge in [-0.25, -0.2) is 4.98 Å². The summed E-state index contributed by atoms with van der Waals surface area (Å²) in [5, 5.41) is 5.69. The summed E-state index contributed by atoms with van der Waals surface area (Å²) in [4.78, 5) is 7.90. The number of anilines is 4. The molecule has 3 aromatic rings. The van der Waals surface area contributed by atoms with Crippen molar-refractivity contribution in [3.63, 3.8) is 0 Å². The first-order chi connectivity index (χ1) is 13.7. The highest BCUT2D eigenvalue weighted by atomic mass is 79.9. The van der Waals surface area contributed by atoms with Crippen molar-refractivity contribution in [3.8, 4) is 0 Å². The van der Waals surface area contributed by atoms with Gasteiger partial charge < -0.3 is 10.6 Å².